The number of hydrogen-bond acceptors (Lipinski definition) is 11. The Balaban J connectivity index is 1.09. The second kappa shape index (κ2) is 18.8. The Morgan fingerprint density at radius 3 is 2.55 bits per heavy atom. The first-order valence-electron chi connectivity index (χ1n) is 16.4. The van der Waals surface area contributed by atoms with Gasteiger partial charge in [0.05, 0.1) is 18.8 Å². The van der Waals surface area contributed by atoms with Crippen molar-refractivity contribution < 1.29 is 14.7 Å². The van der Waals surface area contributed by atoms with E-state index in [9.17, 15) is 9.59 Å². The molecule has 1 aliphatic carbocycles. The average molecular weight is 630 g/mol. The van der Waals surface area contributed by atoms with Crippen LogP contribution in [0.5, 0.6) is 0 Å². The van der Waals surface area contributed by atoms with Gasteiger partial charge in [0.25, 0.3) is 0 Å². The molecule has 2 aromatic heterocycles. The smallest absolute Gasteiger partial charge is 0.317 e. The molecule has 1 aliphatic heterocycles. The highest BCUT2D eigenvalue weighted by Crippen LogP contribution is 2.19. The lowest BCUT2D eigenvalue weighted by Gasteiger charge is -2.32. The normalized spacial score (nSPS) is 16.2. The van der Waals surface area contributed by atoms with Crippen molar-refractivity contribution in [3.63, 3.8) is 0 Å². The quantitative estimate of drug-likeness (QED) is 0.127. The SMILES string of the molecule is Cc1cc(NC2CCN(C(=O)CCNCC(=O)O)CC2)nc(NCc2nc(CCCNCCCNC3CCCCC3)cs2)n1. The Hall–Kier alpha value is -2.87. The zero-order valence-electron chi connectivity index (χ0n) is 26.2. The first kappa shape index (κ1) is 34.0. The average Bonchev–Trinajstić information content (AvgIpc) is 3.48. The van der Waals surface area contributed by atoms with Gasteiger partial charge >= 0.3 is 5.97 Å². The van der Waals surface area contributed by atoms with Crippen molar-refractivity contribution in [2.24, 2.45) is 0 Å². The lowest BCUT2D eigenvalue weighted by Crippen LogP contribution is -2.43. The number of aromatic nitrogens is 3. The highest BCUT2D eigenvalue weighted by atomic mass is 32.1. The van der Waals surface area contributed by atoms with Gasteiger partial charge in [-0.15, -0.1) is 11.3 Å². The van der Waals surface area contributed by atoms with Gasteiger partial charge in [-0.05, 0) is 71.5 Å². The van der Waals surface area contributed by atoms with Crippen LogP contribution in [-0.2, 0) is 22.6 Å². The fourth-order valence-electron chi connectivity index (χ4n) is 5.80. The van der Waals surface area contributed by atoms with Crippen LogP contribution >= 0.6 is 11.3 Å². The summed E-state index contributed by atoms with van der Waals surface area (Å²) in [5, 5.41) is 28.8. The molecular weight excluding hydrogens is 578 g/mol. The molecule has 44 heavy (non-hydrogen) atoms. The molecule has 0 bridgehead atoms. The third-order valence-corrected chi connectivity index (χ3v) is 9.10. The summed E-state index contributed by atoms with van der Waals surface area (Å²) in [6.07, 6.45) is 12.1. The van der Waals surface area contributed by atoms with E-state index in [4.69, 9.17) is 10.1 Å². The summed E-state index contributed by atoms with van der Waals surface area (Å²) in [4.78, 5) is 38.9. The maximum Gasteiger partial charge on any atom is 0.317 e. The lowest BCUT2D eigenvalue weighted by molar-refractivity contribution is -0.136. The minimum atomic E-state index is -0.919. The molecule has 4 rings (SSSR count). The van der Waals surface area contributed by atoms with E-state index in [0.717, 1.165) is 73.6 Å². The van der Waals surface area contributed by atoms with Gasteiger partial charge in [-0.25, -0.2) is 9.97 Å². The van der Waals surface area contributed by atoms with Crippen LogP contribution in [0.1, 0.15) is 80.6 Å². The molecule has 6 N–H and O–H groups in total. The summed E-state index contributed by atoms with van der Waals surface area (Å²) in [6, 6.07) is 2.91. The summed E-state index contributed by atoms with van der Waals surface area (Å²) < 4.78 is 0. The molecule has 0 atom stereocenters. The van der Waals surface area contributed by atoms with Gasteiger partial charge in [-0.2, -0.15) is 4.98 Å². The van der Waals surface area contributed by atoms with E-state index in [1.807, 2.05) is 17.9 Å². The number of carbonyl (C=O) groups is 2. The topological polar surface area (TPSA) is 156 Å². The summed E-state index contributed by atoms with van der Waals surface area (Å²) in [5.41, 5.74) is 2.02. The second-order valence-corrected chi connectivity index (χ2v) is 12.9. The van der Waals surface area contributed by atoms with E-state index in [-0.39, 0.29) is 18.5 Å². The number of nitrogens with zero attached hydrogens (tertiary/aromatic N) is 4. The predicted octanol–water partition coefficient (Wildman–Crippen LogP) is 3.16. The number of rotatable bonds is 19. The van der Waals surface area contributed by atoms with Crippen LogP contribution in [0.25, 0.3) is 0 Å². The van der Waals surface area contributed by atoms with Crippen molar-refractivity contribution >= 4 is 35.0 Å². The largest absolute Gasteiger partial charge is 0.480 e. The van der Waals surface area contributed by atoms with Crippen molar-refractivity contribution in [2.45, 2.75) is 96.2 Å². The number of piperidine rings is 1. The monoisotopic (exact) mass is 629 g/mol. The third kappa shape index (κ3) is 12.6. The van der Waals surface area contributed by atoms with Crippen molar-refractivity contribution in [1.29, 1.82) is 0 Å². The summed E-state index contributed by atoms with van der Waals surface area (Å²) in [6.45, 7) is 7.32. The Morgan fingerprint density at radius 2 is 1.75 bits per heavy atom. The summed E-state index contributed by atoms with van der Waals surface area (Å²) in [5.74, 6) is 0.492. The molecule has 13 heteroatoms. The van der Waals surface area contributed by atoms with Crippen LogP contribution < -0.4 is 26.6 Å². The number of carboxylic acids is 1. The van der Waals surface area contributed by atoms with Gasteiger partial charge in [0, 0.05) is 55.3 Å². The fraction of sp³-hybridized carbons (Fsp3) is 0.710. The molecule has 2 aliphatic rings. The lowest BCUT2D eigenvalue weighted by atomic mass is 9.95. The molecular formula is C31H51N9O3S. The van der Waals surface area contributed by atoms with Crippen LogP contribution in [-0.4, -0.2) is 94.7 Å². The zero-order valence-corrected chi connectivity index (χ0v) is 27.0. The molecule has 244 valence electrons. The molecule has 0 unspecified atom stereocenters. The van der Waals surface area contributed by atoms with Crippen molar-refractivity contribution in [1.82, 2.24) is 35.8 Å². The van der Waals surface area contributed by atoms with E-state index in [1.165, 1.54) is 38.5 Å². The number of anilines is 2. The number of aliphatic carboxylic acids is 1. The number of aryl methyl sites for hydroxylation is 2. The molecule has 1 saturated carbocycles. The second-order valence-electron chi connectivity index (χ2n) is 11.9. The first-order valence-corrected chi connectivity index (χ1v) is 17.3. The van der Waals surface area contributed by atoms with E-state index in [2.05, 4.69) is 41.9 Å². The molecule has 0 aromatic carbocycles. The van der Waals surface area contributed by atoms with E-state index in [0.29, 0.717) is 38.5 Å². The molecule has 12 nitrogen and oxygen atoms in total. The van der Waals surface area contributed by atoms with Gasteiger partial charge in [0.2, 0.25) is 11.9 Å². The van der Waals surface area contributed by atoms with E-state index < -0.39 is 5.97 Å². The predicted molar refractivity (Wildman–Crippen MR) is 175 cm³/mol. The zero-order chi connectivity index (χ0) is 31.0. The van der Waals surface area contributed by atoms with Gasteiger partial charge in [0.15, 0.2) is 0 Å². The van der Waals surface area contributed by atoms with Crippen molar-refractivity contribution in [2.75, 3.05) is 56.4 Å². The highest BCUT2D eigenvalue weighted by Gasteiger charge is 2.23. The number of amides is 1. The molecule has 3 heterocycles. The van der Waals surface area contributed by atoms with Gasteiger partial charge in [-0.1, -0.05) is 19.3 Å². The first-order chi connectivity index (χ1) is 21.4. The van der Waals surface area contributed by atoms with Gasteiger partial charge in [-0.3, -0.25) is 9.59 Å². The molecule has 0 spiro atoms. The van der Waals surface area contributed by atoms with Gasteiger partial charge in [0.1, 0.15) is 10.8 Å². The Morgan fingerprint density at radius 1 is 0.955 bits per heavy atom. The van der Waals surface area contributed by atoms with E-state index in [1.54, 1.807) is 11.3 Å². The number of hydrogen-bond donors (Lipinski definition) is 6. The third-order valence-electron chi connectivity index (χ3n) is 8.20. The number of thiazole rings is 1. The van der Waals surface area contributed by atoms with Crippen molar-refractivity contribution in [3.8, 4) is 0 Å². The maximum atomic E-state index is 12.4. The number of likely N-dealkylation sites (tertiary alicyclic amines) is 1. The van der Waals surface area contributed by atoms with Crippen LogP contribution in [0.3, 0.4) is 0 Å². The van der Waals surface area contributed by atoms with Crippen molar-refractivity contribution in [3.05, 3.63) is 27.8 Å². The Labute approximate surface area is 265 Å². The summed E-state index contributed by atoms with van der Waals surface area (Å²) in [7, 11) is 0. The standard InChI is InChI=1S/C31H51N9O3S/c1-23-19-27(37-25-11-17-40(18-12-25)29(41)10-16-33-21-30(42)43)39-31(36-23)35-20-28-38-26(22-44-28)9-5-13-32-14-6-15-34-24-7-3-2-4-8-24/h19,22,24-25,32-34H,2-18,20-21H2,1H3,(H,42,43)(H2,35,36,37,39). The number of nitrogens with one attached hydrogen (secondary N) is 5. The highest BCUT2D eigenvalue weighted by molar-refractivity contribution is 7.09. The number of carboxylic acid groups (broad SMARTS) is 1. The van der Waals surface area contributed by atoms with Crippen LogP contribution in [0.15, 0.2) is 11.4 Å². The maximum absolute atomic E-state index is 12.4. The minimum Gasteiger partial charge on any atom is -0.480 e. The van der Waals surface area contributed by atoms with Crippen LogP contribution in [0.2, 0.25) is 0 Å². The molecule has 0 radical (unpaired) electrons. The number of carbonyl (C=O) groups excluding carboxylic acids is 1. The minimum absolute atomic E-state index is 0.0562. The Bertz CT molecular complexity index is 1150. The van der Waals surface area contributed by atoms with Crippen LogP contribution in [0, 0.1) is 6.92 Å². The van der Waals surface area contributed by atoms with E-state index >= 15 is 0 Å². The molecule has 2 aromatic rings. The Kier molecular flexibility index (Phi) is 14.6. The van der Waals surface area contributed by atoms with Gasteiger partial charge < -0.3 is 36.6 Å². The fourth-order valence-corrected chi connectivity index (χ4v) is 6.57. The molecule has 1 amide bonds. The summed E-state index contributed by atoms with van der Waals surface area (Å²) >= 11 is 1.67. The van der Waals surface area contributed by atoms with Crippen LogP contribution in [0.4, 0.5) is 11.8 Å². The molecule has 2 fully saturated rings. The molecule has 1 saturated heterocycles.